The SMILES string of the molecule is CCNC(Cc1ccc(Cl)cc1)C1Cc2ccccc21. The van der Waals surface area contributed by atoms with Crippen molar-refractivity contribution >= 4 is 11.6 Å². The molecule has 2 atom stereocenters. The Morgan fingerprint density at radius 3 is 2.60 bits per heavy atom. The molecule has 0 saturated carbocycles. The van der Waals surface area contributed by atoms with E-state index in [2.05, 4.69) is 48.6 Å². The summed E-state index contributed by atoms with van der Waals surface area (Å²) in [5.41, 5.74) is 4.38. The third kappa shape index (κ3) is 2.74. The van der Waals surface area contributed by atoms with Crippen LogP contribution in [0.15, 0.2) is 48.5 Å². The minimum atomic E-state index is 0.510. The van der Waals surface area contributed by atoms with E-state index in [0.717, 1.165) is 18.0 Å². The van der Waals surface area contributed by atoms with E-state index >= 15 is 0 Å². The first-order valence-corrected chi connectivity index (χ1v) is 7.71. The number of fused-ring (bicyclic) bond motifs is 1. The molecular weight excluding hydrogens is 266 g/mol. The van der Waals surface area contributed by atoms with E-state index in [4.69, 9.17) is 11.6 Å². The van der Waals surface area contributed by atoms with Crippen molar-refractivity contribution in [1.29, 1.82) is 0 Å². The molecule has 2 heteroatoms. The molecule has 104 valence electrons. The molecule has 1 nitrogen and oxygen atoms in total. The largest absolute Gasteiger partial charge is 0.313 e. The van der Waals surface area contributed by atoms with E-state index in [1.807, 2.05) is 12.1 Å². The summed E-state index contributed by atoms with van der Waals surface area (Å²) in [6.45, 7) is 3.19. The van der Waals surface area contributed by atoms with Gasteiger partial charge in [-0.25, -0.2) is 0 Å². The first-order chi connectivity index (χ1) is 9.78. The highest BCUT2D eigenvalue weighted by Crippen LogP contribution is 2.38. The van der Waals surface area contributed by atoms with E-state index in [9.17, 15) is 0 Å². The molecule has 2 aromatic rings. The van der Waals surface area contributed by atoms with Gasteiger partial charge in [0, 0.05) is 17.0 Å². The Hall–Kier alpha value is -1.31. The monoisotopic (exact) mass is 285 g/mol. The Morgan fingerprint density at radius 2 is 1.90 bits per heavy atom. The lowest BCUT2D eigenvalue weighted by molar-refractivity contribution is 0.405. The molecule has 1 aliphatic rings. The average Bonchev–Trinajstić information content (AvgIpc) is 2.43. The maximum atomic E-state index is 5.96. The summed E-state index contributed by atoms with van der Waals surface area (Å²) in [6.07, 6.45) is 2.26. The van der Waals surface area contributed by atoms with Gasteiger partial charge in [-0.15, -0.1) is 0 Å². The van der Waals surface area contributed by atoms with Crippen LogP contribution in [0.4, 0.5) is 0 Å². The van der Waals surface area contributed by atoms with Crippen LogP contribution in [0.1, 0.15) is 29.5 Å². The third-order valence-corrected chi connectivity index (χ3v) is 4.47. The summed E-state index contributed by atoms with van der Waals surface area (Å²) >= 11 is 5.96. The Bertz CT molecular complexity index is 576. The van der Waals surface area contributed by atoms with Crippen molar-refractivity contribution in [2.24, 2.45) is 0 Å². The van der Waals surface area contributed by atoms with Gasteiger partial charge in [-0.1, -0.05) is 54.9 Å². The molecule has 2 unspecified atom stereocenters. The molecule has 0 heterocycles. The van der Waals surface area contributed by atoms with Gasteiger partial charge < -0.3 is 5.32 Å². The van der Waals surface area contributed by atoms with Crippen molar-refractivity contribution in [1.82, 2.24) is 5.32 Å². The van der Waals surface area contributed by atoms with Crippen molar-refractivity contribution in [2.75, 3.05) is 6.54 Å². The standard InChI is InChI=1S/C18H20ClN/c1-2-20-18(11-13-7-9-15(19)10-8-13)17-12-14-5-3-4-6-16(14)17/h3-10,17-18,20H,2,11-12H2,1H3. The van der Waals surface area contributed by atoms with Crippen LogP contribution < -0.4 is 5.32 Å². The van der Waals surface area contributed by atoms with Crippen LogP contribution in [0.5, 0.6) is 0 Å². The summed E-state index contributed by atoms with van der Waals surface area (Å²) in [4.78, 5) is 0. The predicted octanol–water partition coefficient (Wildman–Crippen LogP) is 4.20. The minimum absolute atomic E-state index is 0.510. The highest BCUT2D eigenvalue weighted by atomic mass is 35.5. The van der Waals surface area contributed by atoms with E-state index in [-0.39, 0.29) is 0 Å². The number of rotatable bonds is 5. The summed E-state index contributed by atoms with van der Waals surface area (Å²) < 4.78 is 0. The van der Waals surface area contributed by atoms with Crippen LogP contribution in [0.25, 0.3) is 0 Å². The van der Waals surface area contributed by atoms with Gasteiger partial charge in [0.15, 0.2) is 0 Å². The van der Waals surface area contributed by atoms with Gasteiger partial charge in [0.1, 0.15) is 0 Å². The van der Waals surface area contributed by atoms with Crippen LogP contribution in [0.2, 0.25) is 5.02 Å². The molecule has 0 amide bonds. The fraction of sp³-hybridized carbons (Fsp3) is 0.333. The van der Waals surface area contributed by atoms with Crippen molar-refractivity contribution in [3.8, 4) is 0 Å². The van der Waals surface area contributed by atoms with E-state index in [1.165, 1.54) is 23.1 Å². The zero-order chi connectivity index (χ0) is 13.9. The number of benzene rings is 2. The first kappa shape index (κ1) is 13.7. The number of hydrogen-bond acceptors (Lipinski definition) is 1. The van der Waals surface area contributed by atoms with Crippen molar-refractivity contribution < 1.29 is 0 Å². The molecule has 0 saturated heterocycles. The van der Waals surface area contributed by atoms with Crippen LogP contribution in [0, 0.1) is 0 Å². The molecule has 0 spiro atoms. The topological polar surface area (TPSA) is 12.0 Å². The van der Waals surface area contributed by atoms with Gasteiger partial charge in [0.25, 0.3) is 0 Å². The van der Waals surface area contributed by atoms with Gasteiger partial charge in [-0.2, -0.15) is 0 Å². The summed E-state index contributed by atoms with van der Waals surface area (Å²) in [5.74, 6) is 0.641. The number of halogens is 1. The Balaban J connectivity index is 1.75. The van der Waals surface area contributed by atoms with Gasteiger partial charge in [-0.05, 0) is 48.2 Å². The quantitative estimate of drug-likeness (QED) is 0.868. The Kier molecular flexibility index (Phi) is 4.09. The maximum Gasteiger partial charge on any atom is 0.0406 e. The fourth-order valence-electron chi connectivity index (χ4n) is 3.15. The Morgan fingerprint density at radius 1 is 1.15 bits per heavy atom. The Labute approximate surface area is 126 Å². The average molecular weight is 286 g/mol. The minimum Gasteiger partial charge on any atom is -0.313 e. The zero-order valence-electron chi connectivity index (χ0n) is 11.8. The number of likely N-dealkylation sites (N-methyl/N-ethyl adjacent to an activating group) is 1. The van der Waals surface area contributed by atoms with E-state index in [1.54, 1.807) is 0 Å². The fourth-order valence-corrected chi connectivity index (χ4v) is 3.28. The number of hydrogen-bond donors (Lipinski definition) is 1. The molecule has 0 fully saturated rings. The molecule has 3 rings (SSSR count). The molecule has 0 aromatic heterocycles. The molecular formula is C18H20ClN. The second-order valence-corrected chi connectivity index (χ2v) is 5.94. The second kappa shape index (κ2) is 5.99. The normalized spacial score (nSPS) is 18.2. The van der Waals surface area contributed by atoms with E-state index < -0.39 is 0 Å². The van der Waals surface area contributed by atoms with Gasteiger partial charge in [0.2, 0.25) is 0 Å². The highest BCUT2D eigenvalue weighted by Gasteiger charge is 2.32. The maximum absolute atomic E-state index is 5.96. The molecule has 0 bridgehead atoms. The third-order valence-electron chi connectivity index (χ3n) is 4.22. The van der Waals surface area contributed by atoms with Crippen molar-refractivity contribution in [3.63, 3.8) is 0 Å². The lowest BCUT2D eigenvalue weighted by atomic mass is 9.72. The van der Waals surface area contributed by atoms with Gasteiger partial charge in [-0.3, -0.25) is 0 Å². The van der Waals surface area contributed by atoms with Crippen LogP contribution in [-0.4, -0.2) is 12.6 Å². The molecule has 20 heavy (non-hydrogen) atoms. The molecule has 0 radical (unpaired) electrons. The first-order valence-electron chi connectivity index (χ1n) is 7.33. The summed E-state index contributed by atoms with van der Waals surface area (Å²) in [6, 6.07) is 17.5. The molecule has 2 aromatic carbocycles. The van der Waals surface area contributed by atoms with Crippen LogP contribution in [-0.2, 0) is 12.8 Å². The van der Waals surface area contributed by atoms with E-state index in [0.29, 0.717) is 12.0 Å². The lowest BCUT2D eigenvalue weighted by Crippen LogP contribution is -2.41. The van der Waals surface area contributed by atoms with Crippen LogP contribution >= 0.6 is 11.6 Å². The molecule has 1 N–H and O–H groups in total. The van der Waals surface area contributed by atoms with Crippen molar-refractivity contribution in [3.05, 3.63) is 70.2 Å². The highest BCUT2D eigenvalue weighted by molar-refractivity contribution is 6.30. The smallest absolute Gasteiger partial charge is 0.0406 e. The summed E-state index contributed by atoms with van der Waals surface area (Å²) in [5, 5.41) is 4.46. The number of nitrogens with one attached hydrogen (secondary N) is 1. The second-order valence-electron chi connectivity index (χ2n) is 5.50. The van der Waals surface area contributed by atoms with Crippen molar-refractivity contribution in [2.45, 2.75) is 31.7 Å². The zero-order valence-corrected chi connectivity index (χ0v) is 12.5. The van der Waals surface area contributed by atoms with Gasteiger partial charge in [0.05, 0.1) is 0 Å². The molecule has 1 aliphatic carbocycles. The van der Waals surface area contributed by atoms with Crippen LogP contribution in [0.3, 0.4) is 0 Å². The summed E-state index contributed by atoms with van der Waals surface area (Å²) in [7, 11) is 0. The van der Waals surface area contributed by atoms with Gasteiger partial charge >= 0.3 is 0 Å². The lowest BCUT2D eigenvalue weighted by Gasteiger charge is -2.37. The predicted molar refractivity (Wildman–Crippen MR) is 85.5 cm³/mol. The molecule has 0 aliphatic heterocycles.